The molecule has 2 saturated heterocycles. The number of esters is 1. The van der Waals surface area contributed by atoms with Crippen LogP contribution in [0.5, 0.6) is 0 Å². The van der Waals surface area contributed by atoms with Gasteiger partial charge in [-0.25, -0.2) is 4.79 Å². The van der Waals surface area contributed by atoms with Crippen molar-refractivity contribution in [1.29, 1.82) is 0 Å². The second-order valence-corrected chi connectivity index (χ2v) is 6.67. The van der Waals surface area contributed by atoms with Crippen LogP contribution in [0.4, 0.5) is 11.4 Å². The third kappa shape index (κ3) is 4.94. The maximum absolute atomic E-state index is 12.2. The Kier molecular flexibility index (Phi) is 6.23. The first-order valence-electron chi connectivity index (χ1n) is 9.13. The minimum atomic E-state index is -0.765. The zero-order chi connectivity index (χ0) is 19.2. The molecule has 27 heavy (non-hydrogen) atoms. The van der Waals surface area contributed by atoms with Crippen LogP contribution in [0.15, 0.2) is 18.2 Å². The molecule has 3 rings (SSSR count). The lowest BCUT2D eigenvalue weighted by Gasteiger charge is -2.17. The molecule has 0 spiro atoms. The average Bonchev–Trinajstić information content (AvgIpc) is 3.37. The van der Waals surface area contributed by atoms with Crippen molar-refractivity contribution in [2.45, 2.75) is 31.8 Å². The molecule has 1 aromatic carbocycles. The SMILES string of the molecule is O=C(COC(=O)c1ccc(N2CCCC2)c([N+](=O)[O-])c1)NC[C@@H]1CCCO1. The minimum Gasteiger partial charge on any atom is -0.452 e. The van der Waals surface area contributed by atoms with Crippen LogP contribution in [0.2, 0.25) is 0 Å². The third-order valence-electron chi connectivity index (χ3n) is 4.74. The fourth-order valence-corrected chi connectivity index (χ4v) is 3.32. The molecule has 1 atom stereocenters. The lowest BCUT2D eigenvalue weighted by Crippen LogP contribution is -2.34. The van der Waals surface area contributed by atoms with Crippen molar-refractivity contribution in [1.82, 2.24) is 5.32 Å². The maximum atomic E-state index is 12.2. The van der Waals surface area contributed by atoms with Gasteiger partial charge < -0.3 is 19.7 Å². The number of nitrogens with zero attached hydrogens (tertiary/aromatic N) is 2. The Labute approximate surface area is 156 Å². The number of nitrogens with one attached hydrogen (secondary N) is 1. The second kappa shape index (κ2) is 8.81. The zero-order valence-electron chi connectivity index (χ0n) is 15.0. The molecular weight excluding hydrogens is 354 g/mol. The molecule has 2 fully saturated rings. The van der Waals surface area contributed by atoms with Gasteiger partial charge in [0.1, 0.15) is 5.69 Å². The van der Waals surface area contributed by atoms with Crippen LogP contribution in [0.3, 0.4) is 0 Å². The fourth-order valence-electron chi connectivity index (χ4n) is 3.32. The minimum absolute atomic E-state index is 0.00503. The van der Waals surface area contributed by atoms with Crippen LogP contribution in [0.1, 0.15) is 36.0 Å². The Bertz CT molecular complexity index is 711. The Morgan fingerprint density at radius 3 is 2.74 bits per heavy atom. The maximum Gasteiger partial charge on any atom is 0.338 e. The van der Waals surface area contributed by atoms with Gasteiger partial charge in [0.2, 0.25) is 0 Å². The number of hydrogen-bond acceptors (Lipinski definition) is 7. The number of nitro benzene ring substituents is 1. The molecule has 9 heteroatoms. The zero-order valence-corrected chi connectivity index (χ0v) is 15.0. The quantitative estimate of drug-likeness (QED) is 0.437. The van der Waals surface area contributed by atoms with Crippen LogP contribution in [-0.2, 0) is 14.3 Å². The van der Waals surface area contributed by atoms with Crippen molar-refractivity contribution >= 4 is 23.3 Å². The van der Waals surface area contributed by atoms with Crippen LogP contribution >= 0.6 is 0 Å². The highest BCUT2D eigenvalue weighted by atomic mass is 16.6. The van der Waals surface area contributed by atoms with E-state index in [-0.39, 0.29) is 17.4 Å². The molecule has 9 nitrogen and oxygen atoms in total. The van der Waals surface area contributed by atoms with Crippen molar-refractivity contribution in [3.63, 3.8) is 0 Å². The van der Waals surface area contributed by atoms with E-state index in [1.54, 1.807) is 6.07 Å². The van der Waals surface area contributed by atoms with Gasteiger partial charge in [-0.05, 0) is 37.8 Å². The van der Waals surface area contributed by atoms with E-state index in [9.17, 15) is 19.7 Å². The molecular formula is C18H23N3O6. The first kappa shape index (κ1) is 19.1. The summed E-state index contributed by atoms with van der Waals surface area (Å²) in [5, 5.41) is 14.0. The Morgan fingerprint density at radius 2 is 2.07 bits per heavy atom. The monoisotopic (exact) mass is 377 g/mol. The van der Waals surface area contributed by atoms with Crippen molar-refractivity contribution in [3.05, 3.63) is 33.9 Å². The predicted octanol–water partition coefficient (Wildman–Crippen LogP) is 1.65. The second-order valence-electron chi connectivity index (χ2n) is 6.67. The molecule has 1 aromatic rings. The molecule has 0 aromatic heterocycles. The lowest BCUT2D eigenvalue weighted by molar-refractivity contribution is -0.384. The van der Waals surface area contributed by atoms with Gasteiger partial charge in [-0.1, -0.05) is 0 Å². The number of benzene rings is 1. The molecule has 1 N–H and O–H groups in total. The molecule has 2 aliphatic rings. The number of carbonyl (C=O) groups excluding carboxylic acids is 2. The number of carbonyl (C=O) groups is 2. The van der Waals surface area contributed by atoms with Crippen molar-refractivity contribution < 1.29 is 24.0 Å². The van der Waals surface area contributed by atoms with E-state index >= 15 is 0 Å². The molecule has 2 heterocycles. The van der Waals surface area contributed by atoms with E-state index in [0.29, 0.717) is 18.8 Å². The Morgan fingerprint density at radius 1 is 1.30 bits per heavy atom. The number of nitro groups is 1. The van der Waals surface area contributed by atoms with E-state index in [0.717, 1.165) is 38.8 Å². The number of hydrogen-bond donors (Lipinski definition) is 1. The summed E-state index contributed by atoms with van der Waals surface area (Å²) in [4.78, 5) is 36.8. The highest BCUT2D eigenvalue weighted by Crippen LogP contribution is 2.31. The predicted molar refractivity (Wildman–Crippen MR) is 96.8 cm³/mol. The Balaban J connectivity index is 1.56. The van der Waals surface area contributed by atoms with Crippen molar-refractivity contribution in [2.75, 3.05) is 37.7 Å². The number of rotatable bonds is 7. The van der Waals surface area contributed by atoms with Gasteiger partial charge in [-0.2, -0.15) is 0 Å². The molecule has 0 radical (unpaired) electrons. The molecule has 0 unspecified atom stereocenters. The third-order valence-corrected chi connectivity index (χ3v) is 4.74. The largest absolute Gasteiger partial charge is 0.452 e. The summed E-state index contributed by atoms with van der Waals surface area (Å²) >= 11 is 0. The normalized spacial score (nSPS) is 19.1. The molecule has 1 amide bonds. The topological polar surface area (TPSA) is 111 Å². The smallest absolute Gasteiger partial charge is 0.338 e. The summed E-state index contributed by atoms with van der Waals surface area (Å²) in [6.45, 7) is 2.16. The highest BCUT2D eigenvalue weighted by molar-refractivity contribution is 5.93. The van der Waals surface area contributed by atoms with E-state index in [4.69, 9.17) is 9.47 Å². The standard InChI is InChI=1S/C18H23N3O6/c22-17(19-11-14-4-3-9-26-14)12-27-18(23)13-5-6-15(16(10-13)21(24)25)20-7-1-2-8-20/h5-6,10,14H,1-4,7-9,11-12H2,(H,19,22)/t14-/m0/s1. The summed E-state index contributed by atoms with van der Waals surface area (Å²) in [7, 11) is 0. The van der Waals surface area contributed by atoms with Gasteiger partial charge in [-0.3, -0.25) is 14.9 Å². The van der Waals surface area contributed by atoms with Gasteiger partial charge in [0.25, 0.3) is 11.6 Å². The Hall–Kier alpha value is -2.68. The first-order chi connectivity index (χ1) is 13.0. The fraction of sp³-hybridized carbons (Fsp3) is 0.556. The summed E-state index contributed by atoms with van der Waals surface area (Å²) in [6, 6.07) is 4.27. The van der Waals surface area contributed by atoms with Crippen LogP contribution in [-0.4, -0.2) is 55.8 Å². The molecule has 2 aliphatic heterocycles. The van der Waals surface area contributed by atoms with Gasteiger partial charge in [0, 0.05) is 32.3 Å². The number of ether oxygens (including phenoxy) is 2. The van der Waals surface area contributed by atoms with Gasteiger partial charge >= 0.3 is 5.97 Å². The van der Waals surface area contributed by atoms with Crippen molar-refractivity contribution in [2.24, 2.45) is 0 Å². The summed E-state index contributed by atoms with van der Waals surface area (Å²) in [6.07, 6.45) is 3.85. The van der Waals surface area contributed by atoms with Crippen LogP contribution < -0.4 is 10.2 Å². The number of anilines is 1. The van der Waals surface area contributed by atoms with Crippen LogP contribution in [0, 0.1) is 10.1 Å². The average molecular weight is 377 g/mol. The van der Waals surface area contributed by atoms with E-state index < -0.39 is 23.4 Å². The highest BCUT2D eigenvalue weighted by Gasteiger charge is 2.24. The summed E-state index contributed by atoms with van der Waals surface area (Å²) < 4.78 is 10.4. The first-order valence-corrected chi connectivity index (χ1v) is 9.13. The molecule has 146 valence electrons. The summed E-state index contributed by atoms with van der Waals surface area (Å²) in [5.74, 6) is -1.19. The van der Waals surface area contributed by atoms with Crippen LogP contribution in [0.25, 0.3) is 0 Å². The van der Waals surface area contributed by atoms with Crippen molar-refractivity contribution in [3.8, 4) is 0 Å². The summed E-state index contributed by atoms with van der Waals surface area (Å²) in [5.41, 5.74) is 0.425. The molecule has 0 saturated carbocycles. The van der Waals surface area contributed by atoms with Gasteiger partial charge in [0.15, 0.2) is 6.61 Å². The van der Waals surface area contributed by atoms with Gasteiger partial charge in [-0.15, -0.1) is 0 Å². The van der Waals surface area contributed by atoms with E-state index in [1.165, 1.54) is 12.1 Å². The molecule has 0 aliphatic carbocycles. The van der Waals surface area contributed by atoms with E-state index in [1.807, 2.05) is 4.90 Å². The van der Waals surface area contributed by atoms with Gasteiger partial charge in [0.05, 0.1) is 16.6 Å². The molecule has 0 bridgehead atoms. The number of amides is 1. The lowest BCUT2D eigenvalue weighted by atomic mass is 10.1. The van der Waals surface area contributed by atoms with E-state index in [2.05, 4.69) is 5.32 Å².